The van der Waals surface area contributed by atoms with E-state index in [1.54, 1.807) is 0 Å². The van der Waals surface area contributed by atoms with Crippen molar-refractivity contribution in [3.63, 3.8) is 0 Å². The molecule has 4 nitrogen and oxygen atoms in total. The summed E-state index contributed by atoms with van der Waals surface area (Å²) in [5.74, 6) is 2.46. The fourth-order valence-corrected chi connectivity index (χ4v) is 2.39. The average molecular weight is 241 g/mol. The molecule has 0 aromatic carbocycles. The maximum absolute atomic E-state index is 5.60. The van der Waals surface area contributed by atoms with Crippen LogP contribution in [0.3, 0.4) is 0 Å². The van der Waals surface area contributed by atoms with Crippen molar-refractivity contribution < 1.29 is 14.2 Å². The van der Waals surface area contributed by atoms with E-state index in [9.17, 15) is 0 Å². The molecule has 3 atom stereocenters. The number of fused-ring (bicyclic) bond motifs is 1. The van der Waals surface area contributed by atoms with Gasteiger partial charge in [0.15, 0.2) is 0 Å². The highest BCUT2D eigenvalue weighted by Gasteiger charge is 2.42. The molecule has 0 amide bonds. The Morgan fingerprint density at radius 2 is 1.65 bits per heavy atom. The minimum atomic E-state index is 0.571. The van der Waals surface area contributed by atoms with E-state index in [0.717, 1.165) is 24.4 Å². The summed E-state index contributed by atoms with van der Waals surface area (Å²) in [5, 5.41) is 0. The number of hydrogen-bond acceptors (Lipinski definition) is 4. The average Bonchev–Trinajstić information content (AvgIpc) is 2.32. The lowest BCUT2D eigenvalue weighted by molar-refractivity contribution is -0.0201. The van der Waals surface area contributed by atoms with Crippen LogP contribution in [0.15, 0.2) is 12.2 Å². The Balaban J connectivity index is 1.31. The fraction of sp³-hybridized carbons (Fsp3) is 0.846. The molecule has 1 fully saturated rings. The summed E-state index contributed by atoms with van der Waals surface area (Å²) < 4.78 is 16.2. The largest absolute Gasteiger partial charge is 0.379 e. The second kappa shape index (κ2) is 7.11. The predicted octanol–water partition coefficient (Wildman–Crippen LogP) is 0.817. The lowest BCUT2D eigenvalue weighted by atomic mass is 9.59. The fourth-order valence-electron chi connectivity index (χ4n) is 2.39. The molecule has 0 heterocycles. The van der Waals surface area contributed by atoms with Crippen LogP contribution in [0.25, 0.3) is 0 Å². The minimum Gasteiger partial charge on any atom is -0.379 e. The van der Waals surface area contributed by atoms with E-state index >= 15 is 0 Å². The van der Waals surface area contributed by atoms with Crippen molar-refractivity contribution in [1.29, 1.82) is 0 Å². The van der Waals surface area contributed by atoms with Crippen LogP contribution in [0.2, 0.25) is 0 Å². The van der Waals surface area contributed by atoms with Crippen LogP contribution in [0.4, 0.5) is 0 Å². The maximum Gasteiger partial charge on any atom is 0.0701 e. The third-order valence-corrected chi connectivity index (χ3v) is 3.53. The topological polar surface area (TPSA) is 53.7 Å². The molecule has 0 radical (unpaired) electrons. The molecule has 0 saturated heterocycles. The Morgan fingerprint density at radius 3 is 2.18 bits per heavy atom. The highest BCUT2D eigenvalue weighted by atomic mass is 16.5. The molecule has 0 bridgehead atoms. The Bertz CT molecular complexity index is 245. The minimum absolute atomic E-state index is 0.571. The molecular weight excluding hydrogens is 218 g/mol. The first-order chi connectivity index (χ1) is 8.42. The van der Waals surface area contributed by atoms with Crippen LogP contribution in [0.1, 0.15) is 6.42 Å². The molecule has 2 aliphatic carbocycles. The monoisotopic (exact) mass is 241 g/mol. The van der Waals surface area contributed by atoms with E-state index in [1.165, 1.54) is 6.42 Å². The van der Waals surface area contributed by atoms with E-state index in [4.69, 9.17) is 19.9 Å². The van der Waals surface area contributed by atoms with E-state index in [2.05, 4.69) is 12.2 Å². The van der Waals surface area contributed by atoms with Gasteiger partial charge in [-0.05, 0) is 24.2 Å². The molecule has 2 aliphatic rings. The highest BCUT2D eigenvalue weighted by molar-refractivity contribution is 5.17. The lowest BCUT2D eigenvalue weighted by Crippen LogP contribution is -2.42. The summed E-state index contributed by atoms with van der Waals surface area (Å²) in [4.78, 5) is 0. The first-order valence-corrected chi connectivity index (χ1v) is 6.53. The number of nitrogens with two attached hydrogens (primary N) is 1. The summed E-state index contributed by atoms with van der Waals surface area (Å²) >= 11 is 0. The zero-order valence-corrected chi connectivity index (χ0v) is 10.3. The van der Waals surface area contributed by atoms with Crippen LogP contribution in [0.5, 0.6) is 0 Å². The van der Waals surface area contributed by atoms with Gasteiger partial charge in [-0.3, -0.25) is 0 Å². The van der Waals surface area contributed by atoms with E-state index in [1.807, 2.05) is 0 Å². The van der Waals surface area contributed by atoms with Crippen LogP contribution < -0.4 is 5.73 Å². The van der Waals surface area contributed by atoms with Crippen LogP contribution in [-0.4, -0.2) is 46.2 Å². The molecule has 17 heavy (non-hydrogen) atoms. The normalized spacial score (nSPS) is 29.6. The van der Waals surface area contributed by atoms with Gasteiger partial charge in [-0.25, -0.2) is 0 Å². The number of rotatable bonds is 10. The quantitative estimate of drug-likeness (QED) is 0.454. The van der Waals surface area contributed by atoms with Crippen molar-refractivity contribution >= 4 is 0 Å². The Hall–Kier alpha value is -0.420. The molecule has 2 rings (SSSR count). The van der Waals surface area contributed by atoms with Gasteiger partial charge >= 0.3 is 0 Å². The van der Waals surface area contributed by atoms with Gasteiger partial charge in [0.1, 0.15) is 0 Å². The Labute approximate surface area is 103 Å². The maximum atomic E-state index is 5.60. The molecule has 2 N–H and O–H groups in total. The van der Waals surface area contributed by atoms with Crippen molar-refractivity contribution in [2.24, 2.45) is 23.5 Å². The van der Waals surface area contributed by atoms with Gasteiger partial charge in [0.05, 0.1) is 39.6 Å². The number of ether oxygens (including phenoxy) is 3. The van der Waals surface area contributed by atoms with Crippen molar-refractivity contribution in [2.45, 2.75) is 6.42 Å². The number of allylic oxidation sites excluding steroid dienone is 2. The zero-order valence-electron chi connectivity index (χ0n) is 10.3. The van der Waals surface area contributed by atoms with Crippen molar-refractivity contribution in [2.75, 3.05) is 46.2 Å². The van der Waals surface area contributed by atoms with E-state index < -0.39 is 0 Å². The summed E-state index contributed by atoms with van der Waals surface area (Å²) in [6.45, 7) is 4.66. The third-order valence-electron chi connectivity index (χ3n) is 3.53. The molecule has 0 aromatic heterocycles. The second-order valence-corrected chi connectivity index (χ2v) is 4.71. The predicted molar refractivity (Wildman–Crippen MR) is 65.7 cm³/mol. The van der Waals surface area contributed by atoms with Crippen LogP contribution >= 0.6 is 0 Å². The molecule has 1 saturated carbocycles. The summed E-state index contributed by atoms with van der Waals surface area (Å²) in [7, 11) is 0. The van der Waals surface area contributed by atoms with Gasteiger partial charge in [-0.2, -0.15) is 0 Å². The smallest absolute Gasteiger partial charge is 0.0701 e. The molecular formula is C13H23NO3. The van der Waals surface area contributed by atoms with Gasteiger partial charge in [0.2, 0.25) is 0 Å². The van der Waals surface area contributed by atoms with Crippen LogP contribution in [-0.2, 0) is 14.2 Å². The highest BCUT2D eigenvalue weighted by Crippen LogP contribution is 2.48. The third kappa shape index (κ3) is 3.78. The Morgan fingerprint density at radius 1 is 0.941 bits per heavy atom. The summed E-state index contributed by atoms with van der Waals surface area (Å²) in [5.41, 5.74) is 5.29. The lowest BCUT2D eigenvalue weighted by Gasteiger charge is -2.47. The molecule has 98 valence electrons. The first-order valence-electron chi connectivity index (χ1n) is 6.53. The molecule has 4 heteroatoms. The van der Waals surface area contributed by atoms with Gasteiger partial charge in [-0.15, -0.1) is 0 Å². The molecule has 0 aliphatic heterocycles. The standard InChI is InChI=1S/C13H23NO3/c14-3-4-15-5-6-16-7-8-17-10-12-9-11-1-2-13(11)12/h1-2,11-13H,3-10,14H2. The van der Waals surface area contributed by atoms with E-state index in [-0.39, 0.29) is 0 Å². The second-order valence-electron chi connectivity index (χ2n) is 4.71. The summed E-state index contributed by atoms with van der Waals surface area (Å²) in [6.07, 6.45) is 5.94. The summed E-state index contributed by atoms with van der Waals surface area (Å²) in [6, 6.07) is 0. The van der Waals surface area contributed by atoms with Gasteiger partial charge in [0.25, 0.3) is 0 Å². The van der Waals surface area contributed by atoms with Crippen molar-refractivity contribution in [3.05, 3.63) is 12.2 Å². The van der Waals surface area contributed by atoms with Crippen molar-refractivity contribution in [1.82, 2.24) is 0 Å². The van der Waals surface area contributed by atoms with Crippen LogP contribution in [0, 0.1) is 17.8 Å². The van der Waals surface area contributed by atoms with E-state index in [0.29, 0.717) is 39.6 Å². The van der Waals surface area contributed by atoms with Gasteiger partial charge in [-0.1, -0.05) is 12.2 Å². The SMILES string of the molecule is NCCOCCOCCOCC1CC2C=CC21. The first kappa shape index (κ1) is 13.0. The zero-order chi connectivity index (χ0) is 11.9. The van der Waals surface area contributed by atoms with Gasteiger partial charge < -0.3 is 19.9 Å². The van der Waals surface area contributed by atoms with Crippen molar-refractivity contribution in [3.8, 4) is 0 Å². The van der Waals surface area contributed by atoms with Gasteiger partial charge in [0, 0.05) is 6.54 Å². The molecule has 0 spiro atoms. The molecule has 3 unspecified atom stereocenters. The Kier molecular flexibility index (Phi) is 5.45. The number of hydrogen-bond donors (Lipinski definition) is 1. The molecule has 0 aromatic rings.